The van der Waals surface area contributed by atoms with E-state index in [1.165, 1.54) is 4.57 Å². The maximum absolute atomic E-state index is 12.5. The van der Waals surface area contributed by atoms with Crippen LogP contribution in [0.1, 0.15) is 21.6 Å². The molecule has 7 heteroatoms. The lowest BCUT2D eigenvalue weighted by atomic mass is 10.1. The number of nitrogens with zero attached hydrogens (tertiary/aromatic N) is 2. The van der Waals surface area contributed by atoms with E-state index in [2.05, 4.69) is 10.3 Å². The minimum absolute atomic E-state index is 0.139. The van der Waals surface area contributed by atoms with Gasteiger partial charge in [-0.2, -0.15) is 0 Å². The number of amides is 1. The van der Waals surface area contributed by atoms with Gasteiger partial charge in [-0.1, -0.05) is 6.07 Å². The van der Waals surface area contributed by atoms with Crippen molar-refractivity contribution in [3.05, 3.63) is 63.6 Å². The highest BCUT2D eigenvalue weighted by atomic mass is 16.5. The number of aromatic nitrogens is 2. The van der Waals surface area contributed by atoms with Gasteiger partial charge in [0.15, 0.2) is 11.5 Å². The molecule has 0 atom stereocenters. The van der Waals surface area contributed by atoms with E-state index < -0.39 is 0 Å². The zero-order valence-corrected chi connectivity index (χ0v) is 16.4. The van der Waals surface area contributed by atoms with Crippen LogP contribution in [0.5, 0.6) is 11.5 Å². The van der Waals surface area contributed by atoms with Crippen molar-refractivity contribution in [2.24, 2.45) is 7.05 Å². The lowest BCUT2D eigenvalue weighted by molar-refractivity contribution is 0.0954. The number of methoxy groups -OCH3 is 2. The molecule has 28 heavy (non-hydrogen) atoms. The maximum Gasteiger partial charge on any atom is 0.272 e. The molecule has 1 aromatic heterocycles. The second kappa shape index (κ2) is 8.12. The largest absolute Gasteiger partial charge is 0.493 e. The molecule has 1 N–H and O–H groups in total. The van der Waals surface area contributed by atoms with Gasteiger partial charge in [0.2, 0.25) is 0 Å². The van der Waals surface area contributed by atoms with Gasteiger partial charge < -0.3 is 19.4 Å². The molecule has 0 bridgehead atoms. The highest BCUT2D eigenvalue weighted by molar-refractivity contribution is 5.97. The Balaban J connectivity index is 1.70. The van der Waals surface area contributed by atoms with Crippen molar-refractivity contribution in [2.75, 3.05) is 20.8 Å². The molecule has 7 nitrogen and oxygen atoms in total. The van der Waals surface area contributed by atoms with Crippen molar-refractivity contribution < 1.29 is 14.3 Å². The molecule has 3 rings (SSSR count). The predicted octanol–water partition coefficient (Wildman–Crippen LogP) is 2.23. The van der Waals surface area contributed by atoms with Crippen LogP contribution in [0, 0.1) is 6.92 Å². The lowest BCUT2D eigenvalue weighted by Crippen LogP contribution is -2.26. The van der Waals surface area contributed by atoms with Gasteiger partial charge >= 0.3 is 0 Å². The monoisotopic (exact) mass is 381 g/mol. The van der Waals surface area contributed by atoms with E-state index in [0.29, 0.717) is 46.8 Å². The summed E-state index contributed by atoms with van der Waals surface area (Å²) in [5.74, 6) is 1.15. The van der Waals surface area contributed by atoms with Crippen LogP contribution in [0.15, 0.2) is 41.2 Å². The first-order valence-electron chi connectivity index (χ1n) is 8.91. The average molecular weight is 381 g/mol. The number of benzene rings is 2. The molecule has 1 heterocycles. The first-order valence-corrected chi connectivity index (χ1v) is 8.91. The molecule has 1 amide bonds. The Hall–Kier alpha value is -3.35. The fourth-order valence-electron chi connectivity index (χ4n) is 3.08. The van der Waals surface area contributed by atoms with Gasteiger partial charge in [0.05, 0.1) is 25.3 Å². The smallest absolute Gasteiger partial charge is 0.272 e. The van der Waals surface area contributed by atoms with E-state index in [0.717, 1.165) is 5.56 Å². The second-order valence-electron chi connectivity index (χ2n) is 6.46. The second-order valence-corrected chi connectivity index (χ2v) is 6.46. The zero-order chi connectivity index (χ0) is 20.3. The summed E-state index contributed by atoms with van der Waals surface area (Å²) < 4.78 is 12.1. The van der Waals surface area contributed by atoms with Gasteiger partial charge in [-0.25, -0.2) is 4.98 Å². The lowest BCUT2D eigenvalue weighted by Gasteiger charge is -2.11. The first-order chi connectivity index (χ1) is 13.4. The van der Waals surface area contributed by atoms with E-state index in [1.54, 1.807) is 46.4 Å². The molecule has 0 saturated heterocycles. The van der Waals surface area contributed by atoms with Crippen molar-refractivity contribution in [1.82, 2.24) is 14.9 Å². The molecule has 2 aromatic carbocycles. The van der Waals surface area contributed by atoms with Gasteiger partial charge in [0.1, 0.15) is 5.69 Å². The first kappa shape index (κ1) is 19.4. The minimum atomic E-state index is -0.185. The summed E-state index contributed by atoms with van der Waals surface area (Å²) in [6.07, 6.45) is 0.658. The number of nitrogens with one attached hydrogen (secondary N) is 1. The Bertz CT molecular complexity index is 1090. The van der Waals surface area contributed by atoms with Crippen LogP contribution in [0.25, 0.3) is 11.0 Å². The topological polar surface area (TPSA) is 82.5 Å². The van der Waals surface area contributed by atoms with Crippen LogP contribution in [-0.2, 0) is 13.5 Å². The summed E-state index contributed by atoms with van der Waals surface area (Å²) in [5, 5.41) is 2.91. The fraction of sp³-hybridized carbons (Fsp3) is 0.286. The maximum atomic E-state index is 12.5. The molecule has 0 saturated carbocycles. The van der Waals surface area contributed by atoms with Crippen LogP contribution in [0.2, 0.25) is 0 Å². The quantitative estimate of drug-likeness (QED) is 0.708. The number of hydrogen-bond acceptors (Lipinski definition) is 5. The molecule has 146 valence electrons. The Morgan fingerprint density at radius 1 is 1.11 bits per heavy atom. The van der Waals surface area contributed by atoms with Crippen LogP contribution >= 0.6 is 0 Å². The molecular formula is C21H23N3O4. The van der Waals surface area contributed by atoms with E-state index in [-0.39, 0.29) is 11.5 Å². The standard InChI is InChI=1S/C21H23N3O4/c1-13-21(26)24(2)17-7-6-15(12-16(17)23-13)20(25)22-10-9-14-5-8-18(27-3)19(11-14)28-4/h5-8,11-12H,9-10H2,1-4H3,(H,22,25). The van der Waals surface area contributed by atoms with Crippen LogP contribution in [0.3, 0.4) is 0 Å². The third kappa shape index (κ3) is 3.83. The fourth-order valence-corrected chi connectivity index (χ4v) is 3.08. The molecular weight excluding hydrogens is 358 g/mol. The van der Waals surface area contributed by atoms with Crippen LogP contribution in [-0.4, -0.2) is 36.2 Å². The normalized spacial score (nSPS) is 10.7. The Labute approximate surface area is 162 Å². The SMILES string of the molecule is COc1ccc(CCNC(=O)c2ccc3c(c2)nc(C)c(=O)n3C)cc1OC. The van der Waals surface area contributed by atoms with Crippen LogP contribution < -0.4 is 20.3 Å². The summed E-state index contributed by atoms with van der Waals surface area (Å²) in [5.41, 5.74) is 3.11. The number of ether oxygens (including phenoxy) is 2. The van der Waals surface area contributed by atoms with Gasteiger partial charge in [-0.05, 0) is 49.2 Å². The Morgan fingerprint density at radius 2 is 1.86 bits per heavy atom. The van der Waals surface area contributed by atoms with Gasteiger partial charge in [0, 0.05) is 19.2 Å². The van der Waals surface area contributed by atoms with E-state index in [9.17, 15) is 9.59 Å². The minimum Gasteiger partial charge on any atom is -0.493 e. The van der Waals surface area contributed by atoms with E-state index in [1.807, 2.05) is 18.2 Å². The van der Waals surface area contributed by atoms with Gasteiger partial charge in [-0.3, -0.25) is 9.59 Å². The van der Waals surface area contributed by atoms with Crippen molar-refractivity contribution in [2.45, 2.75) is 13.3 Å². The number of rotatable bonds is 6. The van der Waals surface area contributed by atoms with Crippen molar-refractivity contribution in [3.63, 3.8) is 0 Å². The third-order valence-electron chi connectivity index (χ3n) is 4.65. The predicted molar refractivity (Wildman–Crippen MR) is 107 cm³/mol. The highest BCUT2D eigenvalue weighted by Gasteiger charge is 2.10. The number of carbonyl (C=O) groups excluding carboxylic acids is 1. The van der Waals surface area contributed by atoms with Crippen LogP contribution in [0.4, 0.5) is 0 Å². The number of fused-ring (bicyclic) bond motifs is 1. The van der Waals surface area contributed by atoms with Crippen molar-refractivity contribution in [3.8, 4) is 11.5 Å². The van der Waals surface area contributed by atoms with E-state index >= 15 is 0 Å². The summed E-state index contributed by atoms with van der Waals surface area (Å²) in [6, 6.07) is 10.8. The third-order valence-corrected chi connectivity index (χ3v) is 4.65. The summed E-state index contributed by atoms with van der Waals surface area (Å²) in [6.45, 7) is 2.14. The molecule has 0 fully saturated rings. The van der Waals surface area contributed by atoms with E-state index in [4.69, 9.17) is 9.47 Å². The molecule has 0 unspecified atom stereocenters. The zero-order valence-electron chi connectivity index (χ0n) is 16.4. The molecule has 0 aliphatic rings. The molecule has 0 aliphatic carbocycles. The number of aryl methyl sites for hydroxylation is 2. The average Bonchev–Trinajstić information content (AvgIpc) is 2.71. The summed E-state index contributed by atoms with van der Waals surface area (Å²) in [7, 11) is 4.88. The molecule has 0 radical (unpaired) electrons. The van der Waals surface area contributed by atoms with Crippen molar-refractivity contribution in [1.29, 1.82) is 0 Å². The number of hydrogen-bond donors (Lipinski definition) is 1. The Morgan fingerprint density at radius 3 is 2.57 bits per heavy atom. The van der Waals surface area contributed by atoms with Gasteiger partial charge in [-0.15, -0.1) is 0 Å². The number of carbonyl (C=O) groups is 1. The highest BCUT2D eigenvalue weighted by Crippen LogP contribution is 2.27. The van der Waals surface area contributed by atoms with Crippen molar-refractivity contribution >= 4 is 16.9 Å². The molecule has 0 aliphatic heterocycles. The molecule has 3 aromatic rings. The Kier molecular flexibility index (Phi) is 5.63. The molecule has 0 spiro atoms. The summed E-state index contributed by atoms with van der Waals surface area (Å²) >= 11 is 0. The van der Waals surface area contributed by atoms with Gasteiger partial charge in [0.25, 0.3) is 11.5 Å². The summed E-state index contributed by atoms with van der Waals surface area (Å²) in [4.78, 5) is 28.8.